The highest BCUT2D eigenvalue weighted by Crippen LogP contribution is 2.26. The lowest BCUT2D eigenvalue weighted by atomic mass is 10.1. The predicted octanol–water partition coefficient (Wildman–Crippen LogP) is 3.11. The van der Waals surface area contributed by atoms with Gasteiger partial charge < -0.3 is 5.11 Å². The number of aliphatic hydroxyl groups excluding tert-OH is 1. The zero-order valence-electron chi connectivity index (χ0n) is 6.10. The van der Waals surface area contributed by atoms with Crippen molar-refractivity contribution in [3.05, 3.63) is 33.3 Å². The largest absolute Gasteiger partial charge is 0.386 e. The van der Waals surface area contributed by atoms with Gasteiger partial charge in [0.25, 0.3) is 0 Å². The van der Waals surface area contributed by atoms with Gasteiger partial charge in [-0.15, -0.1) is 0 Å². The van der Waals surface area contributed by atoms with Crippen LogP contribution in [0.3, 0.4) is 0 Å². The van der Waals surface area contributed by atoms with Gasteiger partial charge in [-0.1, -0.05) is 33.6 Å². The van der Waals surface area contributed by atoms with E-state index >= 15 is 0 Å². The first kappa shape index (κ1) is 9.96. The lowest BCUT2D eigenvalue weighted by Crippen LogP contribution is -1.99. The number of benzene rings is 1. The van der Waals surface area contributed by atoms with E-state index in [0.717, 1.165) is 4.47 Å². The Morgan fingerprint density at radius 3 is 2.75 bits per heavy atom. The van der Waals surface area contributed by atoms with Crippen LogP contribution in [0.1, 0.15) is 11.7 Å². The molecule has 1 unspecified atom stereocenters. The van der Waals surface area contributed by atoms with Crippen molar-refractivity contribution in [2.45, 2.75) is 6.10 Å². The van der Waals surface area contributed by atoms with Crippen molar-refractivity contribution >= 4 is 27.5 Å². The van der Waals surface area contributed by atoms with E-state index in [4.69, 9.17) is 16.7 Å². The molecule has 1 aromatic rings. The summed E-state index contributed by atoms with van der Waals surface area (Å²) >= 11 is 8.95. The van der Waals surface area contributed by atoms with Crippen molar-refractivity contribution < 1.29 is 9.50 Å². The Bertz CT molecular complexity index is 280. The van der Waals surface area contributed by atoms with Gasteiger partial charge in [0.2, 0.25) is 0 Å². The van der Waals surface area contributed by atoms with Gasteiger partial charge in [-0.25, -0.2) is 4.39 Å². The zero-order chi connectivity index (χ0) is 9.14. The van der Waals surface area contributed by atoms with E-state index in [-0.39, 0.29) is 0 Å². The van der Waals surface area contributed by atoms with Crippen LogP contribution in [0.2, 0.25) is 5.02 Å². The predicted molar refractivity (Wildman–Crippen MR) is 50.1 cm³/mol. The van der Waals surface area contributed by atoms with Crippen molar-refractivity contribution in [2.24, 2.45) is 0 Å². The van der Waals surface area contributed by atoms with E-state index in [2.05, 4.69) is 15.9 Å². The number of alkyl halides is 1. The van der Waals surface area contributed by atoms with Gasteiger partial charge in [-0.05, 0) is 12.1 Å². The summed E-state index contributed by atoms with van der Waals surface area (Å²) in [6.07, 6.45) is -1.12. The average molecular weight is 253 g/mol. The standard InChI is InChI=1S/C8H7BrClFO/c9-5-1-2-6(7(10)3-5)8(12)4-11/h1-3,8,12H,4H2. The maximum atomic E-state index is 12.0. The van der Waals surface area contributed by atoms with E-state index in [1.165, 1.54) is 0 Å². The van der Waals surface area contributed by atoms with Crippen LogP contribution in [0, 0.1) is 0 Å². The second-order valence-corrected chi connectivity index (χ2v) is 3.66. The van der Waals surface area contributed by atoms with Crippen molar-refractivity contribution in [1.29, 1.82) is 0 Å². The van der Waals surface area contributed by atoms with Crippen molar-refractivity contribution in [1.82, 2.24) is 0 Å². The molecule has 66 valence electrons. The minimum Gasteiger partial charge on any atom is -0.386 e. The minimum atomic E-state index is -1.12. The third-order valence-electron chi connectivity index (χ3n) is 1.47. The van der Waals surface area contributed by atoms with Crippen molar-refractivity contribution in [3.63, 3.8) is 0 Å². The Morgan fingerprint density at radius 1 is 1.58 bits per heavy atom. The van der Waals surface area contributed by atoms with Gasteiger partial charge in [0.15, 0.2) is 0 Å². The molecule has 1 aromatic carbocycles. The molecule has 0 fully saturated rings. The van der Waals surface area contributed by atoms with E-state index in [9.17, 15) is 4.39 Å². The quantitative estimate of drug-likeness (QED) is 0.859. The molecule has 0 amide bonds. The highest BCUT2D eigenvalue weighted by Gasteiger charge is 2.10. The Kier molecular flexibility index (Phi) is 3.50. The van der Waals surface area contributed by atoms with Crippen LogP contribution in [0.5, 0.6) is 0 Å². The van der Waals surface area contributed by atoms with Crippen LogP contribution in [0.4, 0.5) is 4.39 Å². The van der Waals surface area contributed by atoms with Crippen LogP contribution >= 0.6 is 27.5 Å². The highest BCUT2D eigenvalue weighted by molar-refractivity contribution is 9.10. The van der Waals surface area contributed by atoms with E-state index in [1.54, 1.807) is 18.2 Å². The number of aliphatic hydroxyl groups is 1. The lowest BCUT2D eigenvalue weighted by molar-refractivity contribution is 0.142. The molecule has 4 heteroatoms. The molecule has 1 nitrogen and oxygen atoms in total. The summed E-state index contributed by atoms with van der Waals surface area (Å²) in [5.74, 6) is 0. The molecule has 0 heterocycles. The SMILES string of the molecule is OC(CF)c1ccc(Br)cc1Cl. The second kappa shape index (κ2) is 4.21. The summed E-state index contributed by atoms with van der Waals surface area (Å²) < 4.78 is 12.8. The molecule has 1 atom stereocenters. The molecule has 0 aliphatic heterocycles. The molecule has 12 heavy (non-hydrogen) atoms. The fourth-order valence-corrected chi connectivity index (χ4v) is 1.65. The lowest BCUT2D eigenvalue weighted by Gasteiger charge is -2.08. The fraction of sp³-hybridized carbons (Fsp3) is 0.250. The zero-order valence-corrected chi connectivity index (χ0v) is 8.44. The smallest absolute Gasteiger partial charge is 0.120 e. The molecule has 0 spiro atoms. The fourth-order valence-electron chi connectivity index (χ4n) is 0.855. The first-order valence-corrected chi connectivity index (χ1v) is 4.51. The Hall–Kier alpha value is -0.120. The second-order valence-electron chi connectivity index (χ2n) is 2.34. The molecule has 0 aliphatic rings. The van der Waals surface area contributed by atoms with Crippen LogP contribution in [0.25, 0.3) is 0 Å². The van der Waals surface area contributed by atoms with E-state index in [1.807, 2.05) is 0 Å². The van der Waals surface area contributed by atoms with E-state index in [0.29, 0.717) is 10.6 Å². The summed E-state index contributed by atoms with van der Waals surface area (Å²) in [6, 6.07) is 4.92. The minimum absolute atomic E-state index is 0.370. The topological polar surface area (TPSA) is 20.2 Å². The van der Waals surface area contributed by atoms with Crippen LogP contribution in [0.15, 0.2) is 22.7 Å². The molecule has 0 radical (unpaired) electrons. The Labute approximate surface area is 83.3 Å². The highest BCUT2D eigenvalue weighted by atomic mass is 79.9. The number of hydrogen-bond acceptors (Lipinski definition) is 1. The molecule has 0 saturated heterocycles. The van der Waals surface area contributed by atoms with Crippen LogP contribution in [-0.2, 0) is 0 Å². The van der Waals surface area contributed by atoms with Gasteiger partial charge in [0.05, 0.1) is 0 Å². The molecule has 0 bridgehead atoms. The Morgan fingerprint density at radius 2 is 2.25 bits per heavy atom. The first-order valence-electron chi connectivity index (χ1n) is 3.34. The third kappa shape index (κ3) is 2.19. The van der Waals surface area contributed by atoms with Crippen molar-refractivity contribution in [3.8, 4) is 0 Å². The number of rotatable bonds is 2. The third-order valence-corrected chi connectivity index (χ3v) is 2.29. The van der Waals surface area contributed by atoms with Gasteiger partial charge in [0, 0.05) is 15.1 Å². The summed E-state index contributed by atoms with van der Waals surface area (Å²) in [6.45, 7) is -0.818. The number of hydrogen-bond donors (Lipinski definition) is 1. The van der Waals surface area contributed by atoms with Gasteiger partial charge in [0.1, 0.15) is 12.8 Å². The molecular weight excluding hydrogens is 246 g/mol. The average Bonchev–Trinajstić information content (AvgIpc) is 2.03. The first-order chi connectivity index (χ1) is 5.65. The summed E-state index contributed by atoms with van der Waals surface area (Å²) in [5, 5.41) is 9.50. The molecule has 0 saturated carbocycles. The molecular formula is C8H7BrClFO. The summed E-state index contributed by atoms with van der Waals surface area (Å²) in [4.78, 5) is 0. The van der Waals surface area contributed by atoms with Gasteiger partial charge >= 0.3 is 0 Å². The van der Waals surface area contributed by atoms with Gasteiger partial charge in [-0.3, -0.25) is 0 Å². The van der Waals surface area contributed by atoms with Crippen molar-refractivity contribution in [2.75, 3.05) is 6.67 Å². The Balaban J connectivity index is 3.01. The maximum absolute atomic E-state index is 12.0. The van der Waals surface area contributed by atoms with E-state index < -0.39 is 12.8 Å². The number of halogens is 3. The van der Waals surface area contributed by atoms with Gasteiger partial charge in [-0.2, -0.15) is 0 Å². The summed E-state index contributed by atoms with van der Waals surface area (Å²) in [7, 11) is 0. The molecule has 0 aromatic heterocycles. The molecule has 1 N–H and O–H groups in total. The maximum Gasteiger partial charge on any atom is 0.120 e. The monoisotopic (exact) mass is 252 g/mol. The molecule has 0 aliphatic carbocycles. The molecule has 1 rings (SSSR count). The summed E-state index contributed by atoms with van der Waals surface area (Å²) in [5.41, 5.74) is 0.419. The van der Waals surface area contributed by atoms with Crippen LogP contribution < -0.4 is 0 Å². The normalized spacial score (nSPS) is 13.0. The van der Waals surface area contributed by atoms with Crippen LogP contribution in [-0.4, -0.2) is 11.8 Å².